The van der Waals surface area contributed by atoms with Gasteiger partial charge in [0.05, 0.1) is 12.5 Å². The molecule has 5 heteroatoms. The average Bonchev–Trinajstić information content (AvgIpc) is 2.75. The third kappa shape index (κ3) is 2.53. The van der Waals surface area contributed by atoms with Gasteiger partial charge in [-0.3, -0.25) is 4.79 Å². The van der Waals surface area contributed by atoms with Crippen molar-refractivity contribution in [3.8, 4) is 0 Å². The summed E-state index contributed by atoms with van der Waals surface area (Å²) in [5.74, 6) is 0.0940. The van der Waals surface area contributed by atoms with Crippen LogP contribution in [0.1, 0.15) is 22.7 Å². The van der Waals surface area contributed by atoms with Gasteiger partial charge in [-0.25, -0.2) is 0 Å². The van der Waals surface area contributed by atoms with E-state index < -0.39 is 0 Å². The summed E-state index contributed by atoms with van der Waals surface area (Å²) in [5, 5.41) is 1.18. The molecular weight excluding hydrogens is 307 g/mol. The second-order valence-corrected chi connectivity index (χ2v) is 6.00. The number of likely N-dealkylation sites (N-methyl/N-ethyl adjacent to an activating group) is 1. The monoisotopic (exact) mass is 320 g/mol. The first-order chi connectivity index (χ1) is 9.97. The Morgan fingerprint density at radius 2 is 1.95 bits per heavy atom. The Hall–Kier alpha value is -1.55. The summed E-state index contributed by atoms with van der Waals surface area (Å²) in [5.41, 5.74) is 9.94. The fourth-order valence-electron chi connectivity index (χ4n) is 2.62. The SMILES string of the molecule is CN1C(=O)Cc2cc(C(N)c3cc(Cl)ccc3Cl)ccc21. The number of fused-ring (bicyclic) bond motifs is 1. The molecular formula is C16H14Cl2N2O. The van der Waals surface area contributed by atoms with Crippen LogP contribution in [0, 0.1) is 0 Å². The fourth-order valence-corrected chi connectivity index (χ4v) is 3.03. The number of nitrogens with zero attached hydrogens (tertiary/aromatic N) is 1. The van der Waals surface area contributed by atoms with Gasteiger partial charge in [0, 0.05) is 22.8 Å². The molecule has 3 rings (SSSR count). The normalized spacial score (nSPS) is 15.2. The summed E-state index contributed by atoms with van der Waals surface area (Å²) < 4.78 is 0. The van der Waals surface area contributed by atoms with E-state index in [9.17, 15) is 4.79 Å². The maximum absolute atomic E-state index is 11.7. The second-order valence-electron chi connectivity index (χ2n) is 5.16. The third-order valence-corrected chi connectivity index (χ3v) is 4.41. The van der Waals surface area contributed by atoms with Gasteiger partial charge in [0.1, 0.15) is 0 Å². The van der Waals surface area contributed by atoms with E-state index in [0.29, 0.717) is 16.5 Å². The first kappa shape index (κ1) is 14.4. The predicted octanol–water partition coefficient (Wildman–Crippen LogP) is 3.56. The molecule has 0 saturated heterocycles. The minimum Gasteiger partial charge on any atom is -0.320 e. The lowest BCUT2D eigenvalue weighted by atomic mass is 9.97. The molecule has 0 aromatic heterocycles. The van der Waals surface area contributed by atoms with Crippen molar-refractivity contribution in [2.75, 3.05) is 11.9 Å². The number of hydrogen-bond donors (Lipinski definition) is 1. The second kappa shape index (κ2) is 5.34. The number of halogens is 2. The average molecular weight is 321 g/mol. The van der Waals surface area contributed by atoms with Crippen LogP contribution >= 0.6 is 23.2 Å². The third-order valence-electron chi connectivity index (χ3n) is 3.83. The summed E-state index contributed by atoms with van der Waals surface area (Å²) in [6.45, 7) is 0. The van der Waals surface area contributed by atoms with E-state index in [-0.39, 0.29) is 11.9 Å². The predicted molar refractivity (Wildman–Crippen MR) is 86.0 cm³/mol. The first-order valence-electron chi connectivity index (χ1n) is 6.57. The largest absolute Gasteiger partial charge is 0.320 e. The van der Waals surface area contributed by atoms with Crippen LogP contribution in [-0.2, 0) is 11.2 Å². The minimum absolute atomic E-state index is 0.0940. The minimum atomic E-state index is -0.373. The molecule has 0 aliphatic carbocycles. The summed E-state index contributed by atoms with van der Waals surface area (Å²) in [6.07, 6.45) is 0.412. The summed E-state index contributed by atoms with van der Waals surface area (Å²) in [7, 11) is 1.78. The molecule has 1 heterocycles. The molecule has 2 aromatic carbocycles. The van der Waals surface area contributed by atoms with Crippen LogP contribution < -0.4 is 10.6 Å². The van der Waals surface area contributed by atoms with Gasteiger partial charge in [0.15, 0.2) is 0 Å². The summed E-state index contributed by atoms with van der Waals surface area (Å²) >= 11 is 12.2. The highest BCUT2D eigenvalue weighted by Crippen LogP contribution is 2.33. The van der Waals surface area contributed by atoms with E-state index in [1.807, 2.05) is 18.2 Å². The quantitative estimate of drug-likeness (QED) is 0.919. The smallest absolute Gasteiger partial charge is 0.231 e. The first-order valence-corrected chi connectivity index (χ1v) is 7.33. The molecule has 1 aliphatic heterocycles. The number of amides is 1. The Bertz CT molecular complexity index is 730. The highest BCUT2D eigenvalue weighted by Gasteiger charge is 2.25. The molecule has 3 nitrogen and oxygen atoms in total. The van der Waals surface area contributed by atoms with E-state index in [0.717, 1.165) is 22.4 Å². The van der Waals surface area contributed by atoms with Crippen LogP contribution in [0.4, 0.5) is 5.69 Å². The van der Waals surface area contributed by atoms with Crippen molar-refractivity contribution in [2.45, 2.75) is 12.5 Å². The van der Waals surface area contributed by atoms with Crippen LogP contribution in [0.15, 0.2) is 36.4 Å². The molecule has 0 bridgehead atoms. The fraction of sp³-hybridized carbons (Fsp3) is 0.188. The maximum atomic E-state index is 11.7. The zero-order valence-corrected chi connectivity index (χ0v) is 12.9. The summed E-state index contributed by atoms with van der Waals surface area (Å²) in [6, 6.07) is 10.7. The van der Waals surface area contributed by atoms with Crippen molar-refractivity contribution < 1.29 is 4.79 Å². The van der Waals surface area contributed by atoms with Gasteiger partial charge in [-0.2, -0.15) is 0 Å². The standard InChI is InChI=1S/C16H14Cl2N2O/c1-20-14-5-2-9(6-10(14)7-15(20)21)16(19)12-8-11(17)3-4-13(12)18/h2-6,8,16H,7,19H2,1H3. The van der Waals surface area contributed by atoms with Crippen LogP contribution in [0.5, 0.6) is 0 Å². The molecule has 2 aromatic rings. The number of carbonyl (C=O) groups excluding carboxylic acids is 1. The molecule has 2 N–H and O–H groups in total. The van der Waals surface area contributed by atoms with Gasteiger partial charge in [-0.15, -0.1) is 0 Å². The topological polar surface area (TPSA) is 46.3 Å². The highest BCUT2D eigenvalue weighted by atomic mass is 35.5. The molecule has 21 heavy (non-hydrogen) atoms. The number of anilines is 1. The Labute approximate surface area is 133 Å². The number of carbonyl (C=O) groups is 1. The van der Waals surface area contributed by atoms with Crippen LogP contribution in [-0.4, -0.2) is 13.0 Å². The van der Waals surface area contributed by atoms with Crippen LogP contribution in [0.25, 0.3) is 0 Å². The van der Waals surface area contributed by atoms with Crippen molar-refractivity contribution >= 4 is 34.8 Å². The maximum Gasteiger partial charge on any atom is 0.231 e. The molecule has 1 atom stereocenters. The number of nitrogens with two attached hydrogens (primary N) is 1. The summed E-state index contributed by atoms with van der Waals surface area (Å²) in [4.78, 5) is 13.4. The van der Waals surface area contributed by atoms with Gasteiger partial charge >= 0.3 is 0 Å². The number of hydrogen-bond acceptors (Lipinski definition) is 2. The van der Waals surface area contributed by atoms with Gasteiger partial charge in [0.25, 0.3) is 0 Å². The number of benzene rings is 2. The Morgan fingerprint density at radius 1 is 1.19 bits per heavy atom. The zero-order chi connectivity index (χ0) is 15.1. The van der Waals surface area contributed by atoms with Crippen molar-refractivity contribution in [3.05, 3.63) is 63.1 Å². The van der Waals surface area contributed by atoms with Crippen molar-refractivity contribution in [3.63, 3.8) is 0 Å². The molecule has 0 saturated carbocycles. The van der Waals surface area contributed by atoms with Crippen LogP contribution in [0.2, 0.25) is 10.0 Å². The van der Waals surface area contributed by atoms with Gasteiger partial charge < -0.3 is 10.6 Å². The Kier molecular flexibility index (Phi) is 3.66. The van der Waals surface area contributed by atoms with Crippen molar-refractivity contribution in [1.29, 1.82) is 0 Å². The molecule has 0 radical (unpaired) electrons. The van der Waals surface area contributed by atoms with E-state index in [1.165, 1.54) is 0 Å². The van der Waals surface area contributed by atoms with E-state index in [4.69, 9.17) is 28.9 Å². The Morgan fingerprint density at radius 3 is 2.71 bits per heavy atom. The Balaban J connectivity index is 2.00. The lowest BCUT2D eigenvalue weighted by Gasteiger charge is -2.16. The lowest BCUT2D eigenvalue weighted by molar-refractivity contribution is -0.117. The van der Waals surface area contributed by atoms with Gasteiger partial charge in [-0.1, -0.05) is 35.3 Å². The van der Waals surface area contributed by atoms with E-state index >= 15 is 0 Å². The molecule has 0 spiro atoms. The van der Waals surface area contributed by atoms with Gasteiger partial charge in [-0.05, 0) is 41.0 Å². The molecule has 1 aliphatic rings. The highest BCUT2D eigenvalue weighted by molar-refractivity contribution is 6.33. The van der Waals surface area contributed by atoms with Crippen molar-refractivity contribution in [1.82, 2.24) is 0 Å². The zero-order valence-electron chi connectivity index (χ0n) is 11.4. The molecule has 1 unspecified atom stereocenters. The lowest BCUT2D eigenvalue weighted by Crippen LogP contribution is -2.20. The molecule has 1 amide bonds. The number of rotatable bonds is 2. The molecule has 0 fully saturated rings. The van der Waals surface area contributed by atoms with Crippen LogP contribution in [0.3, 0.4) is 0 Å². The van der Waals surface area contributed by atoms with E-state index in [2.05, 4.69) is 0 Å². The van der Waals surface area contributed by atoms with E-state index in [1.54, 1.807) is 30.1 Å². The van der Waals surface area contributed by atoms with Gasteiger partial charge in [0.2, 0.25) is 5.91 Å². The molecule has 108 valence electrons. The van der Waals surface area contributed by atoms with Crippen molar-refractivity contribution in [2.24, 2.45) is 5.73 Å².